The van der Waals surface area contributed by atoms with Gasteiger partial charge in [-0.05, 0) is 19.4 Å². The highest BCUT2D eigenvalue weighted by Crippen LogP contribution is 2.14. The number of alkyl halides is 1. The normalized spacial score (nSPS) is 23.1. The van der Waals surface area contributed by atoms with Gasteiger partial charge in [-0.3, -0.25) is 0 Å². The lowest BCUT2D eigenvalue weighted by molar-refractivity contribution is 0.0662. The van der Waals surface area contributed by atoms with Gasteiger partial charge < -0.3 is 14.4 Å². The molecule has 4 heteroatoms. The molecular weight excluding hydrogens is 202 g/mol. The molecule has 14 heavy (non-hydrogen) atoms. The molecule has 0 aromatic rings. The Balaban J connectivity index is 1.84. The molecule has 3 nitrogen and oxygen atoms in total. The van der Waals surface area contributed by atoms with Crippen molar-refractivity contribution in [3.8, 4) is 0 Å². The predicted molar refractivity (Wildman–Crippen MR) is 58.0 cm³/mol. The molecule has 1 aliphatic rings. The van der Waals surface area contributed by atoms with Crippen LogP contribution >= 0.6 is 11.6 Å². The van der Waals surface area contributed by atoms with Crippen molar-refractivity contribution in [3.05, 3.63) is 0 Å². The maximum absolute atomic E-state index is 6.00. The Morgan fingerprint density at radius 3 is 2.86 bits per heavy atom. The van der Waals surface area contributed by atoms with Gasteiger partial charge in [0, 0.05) is 32.2 Å². The van der Waals surface area contributed by atoms with Crippen molar-refractivity contribution < 1.29 is 9.47 Å². The van der Waals surface area contributed by atoms with Gasteiger partial charge in [-0.2, -0.15) is 0 Å². The Morgan fingerprint density at radius 1 is 1.36 bits per heavy atom. The molecule has 1 rings (SSSR count). The minimum Gasteiger partial charge on any atom is -0.382 e. The minimum absolute atomic E-state index is 0.365. The standard InChI is InChI=1S/C10H20ClNO2/c1-13-7-8-14-6-2-4-12-5-3-10(11)9-12/h10H,2-9H2,1H3. The van der Waals surface area contributed by atoms with Crippen LogP contribution in [0.3, 0.4) is 0 Å². The summed E-state index contributed by atoms with van der Waals surface area (Å²) >= 11 is 6.00. The lowest BCUT2D eigenvalue weighted by Gasteiger charge is -2.14. The van der Waals surface area contributed by atoms with E-state index in [1.165, 1.54) is 0 Å². The monoisotopic (exact) mass is 221 g/mol. The van der Waals surface area contributed by atoms with Gasteiger partial charge >= 0.3 is 0 Å². The van der Waals surface area contributed by atoms with Crippen LogP contribution in [0, 0.1) is 0 Å². The molecule has 0 aliphatic carbocycles. The minimum atomic E-state index is 0.365. The maximum Gasteiger partial charge on any atom is 0.0700 e. The topological polar surface area (TPSA) is 21.7 Å². The number of methoxy groups -OCH3 is 1. The van der Waals surface area contributed by atoms with Crippen LogP contribution < -0.4 is 0 Å². The maximum atomic E-state index is 6.00. The van der Waals surface area contributed by atoms with Gasteiger partial charge in [-0.1, -0.05) is 0 Å². The molecule has 1 fully saturated rings. The quantitative estimate of drug-likeness (QED) is 0.479. The highest BCUT2D eigenvalue weighted by atomic mass is 35.5. The first-order chi connectivity index (χ1) is 6.83. The molecule has 0 spiro atoms. The Morgan fingerprint density at radius 2 is 2.21 bits per heavy atom. The molecule has 0 aromatic heterocycles. The van der Waals surface area contributed by atoms with Gasteiger partial charge in [-0.15, -0.1) is 11.6 Å². The molecule has 0 N–H and O–H groups in total. The average Bonchev–Trinajstić information content (AvgIpc) is 2.58. The molecule has 1 heterocycles. The third kappa shape index (κ3) is 5.15. The van der Waals surface area contributed by atoms with Crippen LogP contribution in [0.25, 0.3) is 0 Å². The van der Waals surface area contributed by atoms with Crippen LogP contribution in [0.15, 0.2) is 0 Å². The van der Waals surface area contributed by atoms with Crippen molar-refractivity contribution in [2.24, 2.45) is 0 Å². The summed E-state index contributed by atoms with van der Waals surface area (Å²) in [5.74, 6) is 0. The molecule has 1 saturated heterocycles. The van der Waals surface area contributed by atoms with Crippen LogP contribution in [0.4, 0.5) is 0 Å². The fourth-order valence-electron chi connectivity index (χ4n) is 1.62. The molecule has 0 bridgehead atoms. The average molecular weight is 222 g/mol. The summed E-state index contributed by atoms with van der Waals surface area (Å²) in [4.78, 5) is 2.40. The largest absolute Gasteiger partial charge is 0.382 e. The van der Waals surface area contributed by atoms with Crippen molar-refractivity contribution in [3.63, 3.8) is 0 Å². The molecule has 0 aromatic carbocycles. The first-order valence-electron chi connectivity index (χ1n) is 5.26. The number of likely N-dealkylation sites (tertiary alicyclic amines) is 1. The SMILES string of the molecule is COCCOCCCN1CCC(Cl)C1. The summed E-state index contributed by atoms with van der Waals surface area (Å²) in [6, 6.07) is 0. The van der Waals surface area contributed by atoms with E-state index in [-0.39, 0.29) is 0 Å². The Hall–Kier alpha value is 0.170. The van der Waals surface area contributed by atoms with Crippen molar-refractivity contribution >= 4 is 11.6 Å². The first-order valence-corrected chi connectivity index (χ1v) is 5.69. The van der Waals surface area contributed by atoms with Gasteiger partial charge in [0.2, 0.25) is 0 Å². The second kappa shape index (κ2) is 7.46. The predicted octanol–water partition coefficient (Wildman–Crippen LogP) is 1.35. The van der Waals surface area contributed by atoms with E-state index in [1.54, 1.807) is 7.11 Å². The highest BCUT2D eigenvalue weighted by Gasteiger charge is 2.19. The second-order valence-electron chi connectivity index (χ2n) is 3.65. The van der Waals surface area contributed by atoms with E-state index in [0.717, 1.165) is 39.1 Å². The van der Waals surface area contributed by atoms with Crippen molar-refractivity contribution in [2.75, 3.05) is 46.6 Å². The summed E-state index contributed by atoms with van der Waals surface area (Å²) in [5.41, 5.74) is 0. The molecule has 0 saturated carbocycles. The lowest BCUT2D eigenvalue weighted by atomic mass is 10.4. The third-order valence-electron chi connectivity index (χ3n) is 2.41. The van der Waals surface area contributed by atoms with E-state index < -0.39 is 0 Å². The van der Waals surface area contributed by atoms with Crippen LogP contribution in [-0.4, -0.2) is 56.8 Å². The first kappa shape index (κ1) is 12.2. The van der Waals surface area contributed by atoms with Gasteiger partial charge in [-0.25, -0.2) is 0 Å². The van der Waals surface area contributed by atoms with E-state index in [2.05, 4.69) is 4.90 Å². The number of ether oxygens (including phenoxy) is 2. The van der Waals surface area contributed by atoms with Gasteiger partial charge in [0.1, 0.15) is 0 Å². The highest BCUT2D eigenvalue weighted by molar-refractivity contribution is 6.20. The van der Waals surface area contributed by atoms with Crippen molar-refractivity contribution in [1.82, 2.24) is 4.90 Å². The Labute approximate surface area is 91.3 Å². The Kier molecular flexibility index (Phi) is 6.52. The zero-order chi connectivity index (χ0) is 10.2. The molecule has 0 radical (unpaired) electrons. The number of nitrogens with zero attached hydrogens (tertiary/aromatic N) is 1. The van der Waals surface area contributed by atoms with E-state index in [9.17, 15) is 0 Å². The van der Waals surface area contributed by atoms with Gasteiger partial charge in [0.25, 0.3) is 0 Å². The Bertz CT molecular complexity index is 146. The fraction of sp³-hybridized carbons (Fsp3) is 1.00. The molecule has 84 valence electrons. The van der Waals surface area contributed by atoms with Crippen molar-refractivity contribution in [2.45, 2.75) is 18.2 Å². The number of hydrogen-bond acceptors (Lipinski definition) is 3. The number of halogens is 1. The zero-order valence-electron chi connectivity index (χ0n) is 8.88. The van der Waals surface area contributed by atoms with Gasteiger partial charge in [0.05, 0.1) is 13.2 Å². The van der Waals surface area contributed by atoms with E-state index in [4.69, 9.17) is 21.1 Å². The molecule has 1 aliphatic heterocycles. The van der Waals surface area contributed by atoms with Crippen LogP contribution in [0.1, 0.15) is 12.8 Å². The number of rotatable bonds is 7. The van der Waals surface area contributed by atoms with Crippen LogP contribution in [-0.2, 0) is 9.47 Å². The molecule has 1 unspecified atom stereocenters. The summed E-state index contributed by atoms with van der Waals surface area (Å²) in [5, 5.41) is 0.365. The summed E-state index contributed by atoms with van der Waals surface area (Å²) in [7, 11) is 1.69. The smallest absolute Gasteiger partial charge is 0.0700 e. The summed E-state index contributed by atoms with van der Waals surface area (Å²) < 4.78 is 10.3. The summed E-state index contributed by atoms with van der Waals surface area (Å²) in [6.07, 6.45) is 2.22. The van der Waals surface area contributed by atoms with Crippen molar-refractivity contribution in [1.29, 1.82) is 0 Å². The van der Waals surface area contributed by atoms with Crippen LogP contribution in [0.5, 0.6) is 0 Å². The molecule has 0 amide bonds. The van der Waals surface area contributed by atoms with E-state index in [1.807, 2.05) is 0 Å². The third-order valence-corrected chi connectivity index (χ3v) is 2.77. The summed E-state index contributed by atoms with van der Waals surface area (Å²) in [6.45, 7) is 5.51. The fourth-order valence-corrected chi connectivity index (χ4v) is 1.92. The zero-order valence-corrected chi connectivity index (χ0v) is 9.63. The van der Waals surface area contributed by atoms with Gasteiger partial charge in [0.15, 0.2) is 0 Å². The second-order valence-corrected chi connectivity index (χ2v) is 4.26. The number of hydrogen-bond donors (Lipinski definition) is 0. The molecule has 1 atom stereocenters. The lowest BCUT2D eigenvalue weighted by Crippen LogP contribution is -2.23. The van der Waals surface area contributed by atoms with Crippen LogP contribution in [0.2, 0.25) is 0 Å². The van der Waals surface area contributed by atoms with E-state index >= 15 is 0 Å². The molecular formula is C10H20ClNO2. The van der Waals surface area contributed by atoms with E-state index in [0.29, 0.717) is 18.6 Å².